The van der Waals surface area contributed by atoms with Crippen LogP contribution < -0.4 is 4.90 Å². The zero-order chi connectivity index (χ0) is 26.0. The molecular weight excluding hydrogens is 458 g/mol. The van der Waals surface area contributed by atoms with Crippen LogP contribution in [0.1, 0.15) is 34.6 Å². The van der Waals surface area contributed by atoms with Gasteiger partial charge in [-0.1, -0.05) is 42.5 Å². The first-order valence-corrected chi connectivity index (χ1v) is 12.6. The molecule has 1 unspecified atom stereocenters. The Hall–Kier alpha value is -2.97. The third-order valence-corrected chi connectivity index (χ3v) is 8.11. The van der Waals surface area contributed by atoms with E-state index in [9.17, 15) is 19.5 Å². The smallest absolute Gasteiger partial charge is 0.249 e. The van der Waals surface area contributed by atoms with Crippen LogP contribution in [-0.4, -0.2) is 81.1 Å². The molecule has 6 atom stereocenters. The summed E-state index contributed by atoms with van der Waals surface area (Å²) < 4.78 is 6.80. The minimum atomic E-state index is -1.32. The molecule has 0 aromatic heterocycles. The van der Waals surface area contributed by atoms with Gasteiger partial charge in [0.15, 0.2) is 0 Å². The van der Waals surface area contributed by atoms with Crippen LogP contribution >= 0.6 is 0 Å². The lowest BCUT2D eigenvalue weighted by Gasteiger charge is -2.42. The van der Waals surface area contributed by atoms with Crippen LogP contribution in [0.5, 0.6) is 0 Å². The van der Waals surface area contributed by atoms with Crippen LogP contribution in [0.4, 0.5) is 5.69 Å². The molecule has 0 radical (unpaired) electrons. The van der Waals surface area contributed by atoms with Crippen LogP contribution in [-0.2, 0) is 19.1 Å². The Balaban J connectivity index is 1.67. The molecule has 0 saturated carbocycles. The average Bonchev–Trinajstić information content (AvgIpc) is 3.10. The Morgan fingerprint density at radius 3 is 2.31 bits per heavy atom. The lowest BCUT2D eigenvalue weighted by Crippen LogP contribution is -2.60. The number of carbonyl (C=O) groups excluding carboxylic acids is 3. The van der Waals surface area contributed by atoms with Gasteiger partial charge in [-0.15, -0.1) is 0 Å². The van der Waals surface area contributed by atoms with E-state index in [0.717, 1.165) is 5.69 Å². The van der Waals surface area contributed by atoms with Gasteiger partial charge in [-0.05, 0) is 46.8 Å². The quantitative estimate of drug-likeness (QED) is 0.652. The Kier molecular flexibility index (Phi) is 5.68. The molecule has 4 heterocycles. The van der Waals surface area contributed by atoms with Crippen molar-refractivity contribution in [3.05, 3.63) is 54.6 Å². The molecule has 36 heavy (non-hydrogen) atoms. The Bertz CT molecular complexity index is 1140. The van der Waals surface area contributed by atoms with Crippen LogP contribution in [0.3, 0.4) is 0 Å². The van der Waals surface area contributed by atoms with E-state index in [1.54, 1.807) is 16.7 Å². The van der Waals surface area contributed by atoms with E-state index in [1.165, 1.54) is 4.90 Å². The molecule has 0 bridgehead atoms. The van der Waals surface area contributed by atoms with Crippen molar-refractivity contribution < 1.29 is 24.2 Å². The van der Waals surface area contributed by atoms with Gasteiger partial charge in [-0.25, -0.2) is 0 Å². The van der Waals surface area contributed by atoms with Crippen LogP contribution in [0.2, 0.25) is 0 Å². The topological polar surface area (TPSA) is 90.4 Å². The number of likely N-dealkylation sites (tertiary alicyclic amines) is 1. The molecule has 5 rings (SSSR count). The number of hydrogen-bond donors (Lipinski definition) is 1. The highest BCUT2D eigenvalue weighted by atomic mass is 16.5. The molecule has 1 aromatic carbocycles. The highest BCUT2D eigenvalue weighted by Crippen LogP contribution is 2.58. The summed E-state index contributed by atoms with van der Waals surface area (Å²) >= 11 is 0. The van der Waals surface area contributed by atoms with Crippen LogP contribution in [0.15, 0.2) is 54.6 Å². The first kappa shape index (κ1) is 24.7. The lowest BCUT2D eigenvalue weighted by atomic mass is 9.74. The Morgan fingerprint density at radius 1 is 1.00 bits per heavy atom. The van der Waals surface area contributed by atoms with Crippen molar-refractivity contribution in [3.8, 4) is 0 Å². The fraction of sp³-hybridized carbons (Fsp3) is 0.536. The van der Waals surface area contributed by atoms with Gasteiger partial charge < -0.3 is 24.5 Å². The lowest BCUT2D eigenvalue weighted by molar-refractivity contribution is -0.156. The Morgan fingerprint density at radius 2 is 1.67 bits per heavy atom. The molecule has 1 N–H and O–H groups in total. The van der Waals surface area contributed by atoms with Crippen molar-refractivity contribution in [1.29, 1.82) is 0 Å². The molecule has 192 valence electrons. The van der Waals surface area contributed by atoms with E-state index in [4.69, 9.17) is 4.74 Å². The second-order valence-electron chi connectivity index (χ2n) is 11.5. The zero-order valence-electron chi connectivity index (χ0n) is 21.5. The van der Waals surface area contributed by atoms with Crippen molar-refractivity contribution in [2.24, 2.45) is 11.8 Å². The number of amides is 3. The molecular formula is C28H35N3O5. The highest BCUT2D eigenvalue weighted by molar-refractivity contribution is 6.04. The maximum atomic E-state index is 14.2. The number of anilines is 1. The first-order chi connectivity index (χ1) is 17.0. The summed E-state index contributed by atoms with van der Waals surface area (Å²) in [5, 5.41) is 10.1. The number of hydrogen-bond acceptors (Lipinski definition) is 5. The third-order valence-electron chi connectivity index (χ3n) is 8.11. The van der Waals surface area contributed by atoms with Crippen molar-refractivity contribution >= 4 is 23.4 Å². The molecule has 4 aliphatic rings. The number of aliphatic hydroxyl groups excluding tert-OH is 1. The van der Waals surface area contributed by atoms with Crippen molar-refractivity contribution in [2.75, 3.05) is 24.6 Å². The SMILES string of the molecule is C[C@H](CO)N1C(=O)[C@@H]2[C@@H]3C(=O)N(c4ccccc4)CC=C[C@]3(C)O[C@@]23C=CCN(C(C)(C)C)C(=O)C13. The maximum Gasteiger partial charge on any atom is 0.249 e. The van der Waals surface area contributed by atoms with Crippen LogP contribution in [0.25, 0.3) is 0 Å². The van der Waals surface area contributed by atoms with E-state index in [2.05, 4.69) is 0 Å². The number of ether oxygens (including phenoxy) is 1. The van der Waals surface area contributed by atoms with E-state index in [0.29, 0.717) is 13.1 Å². The summed E-state index contributed by atoms with van der Waals surface area (Å²) in [5.74, 6) is -2.51. The molecule has 4 aliphatic heterocycles. The fourth-order valence-corrected chi connectivity index (χ4v) is 6.47. The number of rotatable bonds is 3. The van der Waals surface area contributed by atoms with E-state index >= 15 is 0 Å². The van der Waals surface area contributed by atoms with Crippen molar-refractivity contribution in [3.63, 3.8) is 0 Å². The fourth-order valence-electron chi connectivity index (χ4n) is 6.47. The molecule has 0 aliphatic carbocycles. The summed E-state index contributed by atoms with van der Waals surface area (Å²) in [5.41, 5.74) is -2.15. The molecule has 1 aromatic rings. The molecule has 2 fully saturated rings. The maximum absolute atomic E-state index is 14.2. The standard InChI is InChI=1S/C28H35N3O5/c1-18(17-32)31-22-25(35)30(26(2,3)4)16-10-14-28(22)21(24(31)34)20-23(33)29(19-11-7-6-8-12-19)15-9-13-27(20,5)36-28/h6-14,18,20-22,32H,15-17H2,1-5H3/t18-,20-,21+,22?,27+,28+/m1/s1. The normalized spacial score (nSPS) is 34.9. The summed E-state index contributed by atoms with van der Waals surface area (Å²) in [4.78, 5) is 47.4. The minimum absolute atomic E-state index is 0.209. The minimum Gasteiger partial charge on any atom is -0.394 e. The molecule has 8 nitrogen and oxygen atoms in total. The van der Waals surface area contributed by atoms with Gasteiger partial charge >= 0.3 is 0 Å². The van der Waals surface area contributed by atoms with E-state index in [-0.39, 0.29) is 24.3 Å². The average molecular weight is 494 g/mol. The zero-order valence-corrected chi connectivity index (χ0v) is 21.5. The summed E-state index contributed by atoms with van der Waals surface area (Å²) in [7, 11) is 0. The molecule has 1 spiro atoms. The molecule has 2 saturated heterocycles. The number of para-hydroxylation sites is 1. The summed E-state index contributed by atoms with van der Waals surface area (Å²) in [6.07, 6.45) is 7.50. The van der Waals surface area contributed by atoms with Gasteiger partial charge in [0.2, 0.25) is 17.7 Å². The number of carbonyl (C=O) groups is 3. The summed E-state index contributed by atoms with van der Waals surface area (Å²) in [6.45, 7) is 9.85. The summed E-state index contributed by atoms with van der Waals surface area (Å²) in [6, 6.07) is 7.78. The van der Waals surface area contributed by atoms with Crippen molar-refractivity contribution in [1.82, 2.24) is 9.80 Å². The van der Waals surface area contributed by atoms with Gasteiger partial charge in [0.1, 0.15) is 11.6 Å². The Labute approximate surface area is 212 Å². The monoisotopic (exact) mass is 493 g/mol. The number of aliphatic hydroxyl groups is 1. The first-order valence-electron chi connectivity index (χ1n) is 12.6. The number of benzene rings is 1. The van der Waals surface area contributed by atoms with E-state index < -0.39 is 40.7 Å². The number of nitrogens with zero attached hydrogens (tertiary/aromatic N) is 3. The molecule has 3 amide bonds. The molecule has 8 heteroatoms. The second-order valence-corrected chi connectivity index (χ2v) is 11.5. The van der Waals surface area contributed by atoms with Crippen LogP contribution in [0, 0.1) is 11.8 Å². The van der Waals surface area contributed by atoms with Crippen molar-refractivity contribution in [2.45, 2.75) is 63.4 Å². The van der Waals surface area contributed by atoms with E-state index in [1.807, 2.05) is 82.3 Å². The van der Waals surface area contributed by atoms with Gasteiger partial charge in [0.25, 0.3) is 0 Å². The largest absolute Gasteiger partial charge is 0.394 e. The number of fused-ring (bicyclic) bond motifs is 2. The predicted molar refractivity (Wildman–Crippen MR) is 135 cm³/mol. The van der Waals surface area contributed by atoms with Gasteiger partial charge in [0.05, 0.1) is 30.1 Å². The third kappa shape index (κ3) is 3.38. The van der Waals surface area contributed by atoms with Gasteiger partial charge in [0, 0.05) is 24.3 Å². The second kappa shape index (κ2) is 8.28. The van der Waals surface area contributed by atoms with Gasteiger partial charge in [-0.3, -0.25) is 14.4 Å². The predicted octanol–water partition coefficient (Wildman–Crippen LogP) is 2.14. The highest BCUT2D eigenvalue weighted by Gasteiger charge is 2.75. The van der Waals surface area contributed by atoms with Gasteiger partial charge in [-0.2, -0.15) is 0 Å².